The average molecular weight is 669 g/mol. The Labute approximate surface area is 272 Å². The molecule has 3 aromatic heterocycles. The smallest absolute Gasteiger partial charge is 0.410 e. The molecule has 0 bridgehead atoms. The molecule has 12 nitrogen and oxygen atoms in total. The molecule has 4 heterocycles. The van der Waals surface area contributed by atoms with E-state index in [2.05, 4.69) is 34.9 Å². The van der Waals surface area contributed by atoms with Crippen molar-refractivity contribution in [3.8, 4) is 21.8 Å². The Balaban J connectivity index is 1.29. The summed E-state index contributed by atoms with van der Waals surface area (Å²) in [6, 6.07) is 10.0. The molecule has 0 radical (unpaired) electrons. The number of nitrogens with one attached hydrogen (secondary N) is 2. The number of nitrogens with zero attached hydrogens (tertiary/aromatic N) is 6. The molecule has 4 aromatic rings. The van der Waals surface area contributed by atoms with Crippen LogP contribution in [0.15, 0.2) is 48.8 Å². The summed E-state index contributed by atoms with van der Waals surface area (Å²) in [4.78, 5) is 35.0. The average Bonchev–Trinajstić information content (AvgIpc) is 3.39. The number of anilines is 4. The van der Waals surface area contributed by atoms with E-state index < -0.39 is 21.4 Å². The van der Waals surface area contributed by atoms with Crippen LogP contribution in [0, 0.1) is 12.7 Å². The van der Waals surface area contributed by atoms with Gasteiger partial charge in [0.1, 0.15) is 11.4 Å². The molecule has 0 atom stereocenters. The molecule has 46 heavy (non-hydrogen) atoms. The van der Waals surface area contributed by atoms with Crippen LogP contribution in [-0.2, 0) is 14.8 Å². The van der Waals surface area contributed by atoms with Crippen LogP contribution in [-0.4, -0.2) is 76.9 Å². The van der Waals surface area contributed by atoms with Crippen molar-refractivity contribution in [1.29, 1.82) is 0 Å². The van der Waals surface area contributed by atoms with Crippen molar-refractivity contribution >= 4 is 50.6 Å². The number of aromatic nitrogens is 4. The van der Waals surface area contributed by atoms with Crippen LogP contribution < -0.4 is 14.9 Å². The number of hydrogen-bond acceptors (Lipinski definition) is 11. The Morgan fingerprint density at radius 3 is 2.50 bits per heavy atom. The highest BCUT2D eigenvalue weighted by Gasteiger charge is 2.26. The van der Waals surface area contributed by atoms with Crippen LogP contribution in [0.2, 0.25) is 0 Å². The number of benzene rings is 1. The second-order valence-corrected chi connectivity index (χ2v) is 14.8. The Morgan fingerprint density at radius 2 is 1.83 bits per heavy atom. The van der Waals surface area contributed by atoms with Crippen LogP contribution in [0.1, 0.15) is 39.1 Å². The van der Waals surface area contributed by atoms with Gasteiger partial charge in [-0.25, -0.2) is 37.5 Å². The fraction of sp³-hybridized carbons (Fsp3) is 0.387. The second kappa shape index (κ2) is 13.5. The van der Waals surface area contributed by atoms with Crippen molar-refractivity contribution in [1.82, 2.24) is 24.8 Å². The third-order valence-electron chi connectivity index (χ3n) is 6.90. The normalized spacial score (nSPS) is 13.9. The van der Waals surface area contributed by atoms with Crippen LogP contribution in [0.3, 0.4) is 0 Å². The molecule has 1 fully saturated rings. The van der Waals surface area contributed by atoms with Crippen LogP contribution in [0.25, 0.3) is 21.8 Å². The molecular weight excluding hydrogens is 632 g/mol. The van der Waals surface area contributed by atoms with Gasteiger partial charge in [-0.1, -0.05) is 13.0 Å². The third-order valence-corrected chi connectivity index (χ3v) is 9.37. The summed E-state index contributed by atoms with van der Waals surface area (Å²) in [5.41, 5.74) is 1.30. The second-order valence-electron chi connectivity index (χ2n) is 11.7. The summed E-state index contributed by atoms with van der Waals surface area (Å²) < 4.78 is 48.1. The van der Waals surface area contributed by atoms with Gasteiger partial charge in [-0.2, -0.15) is 0 Å². The Hall–Kier alpha value is -4.37. The van der Waals surface area contributed by atoms with Gasteiger partial charge in [0.15, 0.2) is 5.82 Å². The quantitative estimate of drug-likeness (QED) is 0.216. The van der Waals surface area contributed by atoms with Crippen molar-refractivity contribution in [2.45, 2.75) is 46.6 Å². The maximum Gasteiger partial charge on any atom is 0.410 e. The summed E-state index contributed by atoms with van der Waals surface area (Å²) in [5, 5.41) is 3.82. The number of thiazole rings is 1. The van der Waals surface area contributed by atoms with E-state index in [1.165, 1.54) is 17.4 Å². The van der Waals surface area contributed by atoms with E-state index in [0.29, 0.717) is 65.6 Å². The van der Waals surface area contributed by atoms with Gasteiger partial charge in [-0.15, -0.1) is 11.3 Å². The molecule has 0 unspecified atom stereocenters. The zero-order chi connectivity index (χ0) is 33.1. The number of pyridine rings is 1. The van der Waals surface area contributed by atoms with Crippen molar-refractivity contribution in [2.24, 2.45) is 0 Å². The molecule has 1 aliphatic rings. The summed E-state index contributed by atoms with van der Waals surface area (Å²) in [5.74, 6) is 0.00449. The lowest BCUT2D eigenvalue weighted by Crippen LogP contribution is -2.50. The minimum atomic E-state index is -3.68. The van der Waals surface area contributed by atoms with E-state index in [-0.39, 0.29) is 23.1 Å². The van der Waals surface area contributed by atoms with Crippen molar-refractivity contribution in [3.63, 3.8) is 0 Å². The van der Waals surface area contributed by atoms with Gasteiger partial charge >= 0.3 is 6.09 Å². The van der Waals surface area contributed by atoms with Gasteiger partial charge in [0.05, 0.1) is 44.6 Å². The van der Waals surface area contributed by atoms with E-state index in [0.717, 1.165) is 5.69 Å². The SMILES string of the molecule is CCCS(=O)(=O)Nc1cccc(-c2nc(C)sc2-c2ccnc(Nc3ccc(N4CCN(C(=O)OC(C)(C)C)CC4)cn3)n2)c1F. The number of rotatable bonds is 9. The molecule has 1 saturated heterocycles. The highest BCUT2D eigenvalue weighted by molar-refractivity contribution is 7.92. The lowest BCUT2D eigenvalue weighted by molar-refractivity contribution is 0.0240. The fourth-order valence-electron chi connectivity index (χ4n) is 4.84. The lowest BCUT2D eigenvalue weighted by Gasteiger charge is -2.36. The number of halogens is 1. The molecular formula is C31H37FN8O4S2. The molecule has 1 amide bonds. The Morgan fingerprint density at radius 1 is 1.07 bits per heavy atom. The minimum absolute atomic E-state index is 0.112. The molecule has 244 valence electrons. The van der Waals surface area contributed by atoms with E-state index in [1.807, 2.05) is 39.8 Å². The summed E-state index contributed by atoms with van der Waals surface area (Å²) >= 11 is 1.35. The van der Waals surface area contributed by atoms with Crippen molar-refractivity contribution in [3.05, 3.63) is 59.6 Å². The van der Waals surface area contributed by atoms with Gasteiger partial charge < -0.3 is 19.9 Å². The molecule has 15 heteroatoms. The van der Waals surface area contributed by atoms with E-state index >= 15 is 4.39 Å². The van der Waals surface area contributed by atoms with E-state index in [9.17, 15) is 13.2 Å². The topological polar surface area (TPSA) is 143 Å². The van der Waals surface area contributed by atoms with Crippen molar-refractivity contribution in [2.75, 3.05) is 46.9 Å². The number of amides is 1. The summed E-state index contributed by atoms with van der Waals surface area (Å²) in [7, 11) is -3.68. The highest BCUT2D eigenvalue weighted by Crippen LogP contribution is 2.38. The molecule has 1 aliphatic heterocycles. The zero-order valence-corrected chi connectivity index (χ0v) is 28.0. The van der Waals surface area contributed by atoms with Gasteiger partial charge in [-0.05, 0) is 64.4 Å². The first-order valence-corrected chi connectivity index (χ1v) is 17.3. The minimum Gasteiger partial charge on any atom is -0.444 e. The molecule has 2 N–H and O–H groups in total. The van der Waals surface area contributed by atoms with Crippen molar-refractivity contribution < 1.29 is 22.3 Å². The number of piperazine rings is 1. The van der Waals surface area contributed by atoms with Gasteiger partial charge in [-0.3, -0.25) is 4.72 Å². The zero-order valence-electron chi connectivity index (χ0n) is 26.4. The number of carbonyl (C=O) groups excluding carboxylic acids is 1. The standard InChI is InChI=1S/C31H37FN8O4S2/c1-6-18-46(42,43)38-23-9-7-8-22(26(23)32)27-28(45-20(2)35-27)24-12-13-33-29(36-24)37-25-11-10-21(19-34-25)39-14-16-40(17-15-39)30(41)44-31(3,4)5/h7-13,19,38H,6,14-18H2,1-5H3,(H,33,34,36,37). The van der Waals surface area contributed by atoms with Gasteiger partial charge in [0.2, 0.25) is 16.0 Å². The molecule has 5 rings (SSSR count). The first kappa shape index (κ1) is 33.0. The molecule has 0 saturated carbocycles. The maximum absolute atomic E-state index is 15.6. The number of carbonyl (C=O) groups is 1. The first-order chi connectivity index (χ1) is 21.8. The Kier molecular flexibility index (Phi) is 9.72. The maximum atomic E-state index is 15.6. The summed E-state index contributed by atoms with van der Waals surface area (Å²) in [6.45, 7) is 11.5. The number of ether oxygens (including phenoxy) is 1. The van der Waals surface area contributed by atoms with Crippen LogP contribution in [0.4, 0.5) is 32.3 Å². The predicted octanol–water partition coefficient (Wildman–Crippen LogP) is 6.06. The van der Waals surface area contributed by atoms with Crippen LogP contribution in [0.5, 0.6) is 0 Å². The number of aryl methyl sites for hydroxylation is 1. The number of sulfonamides is 1. The predicted molar refractivity (Wildman–Crippen MR) is 179 cm³/mol. The van der Waals surface area contributed by atoms with Crippen LogP contribution >= 0.6 is 11.3 Å². The summed E-state index contributed by atoms with van der Waals surface area (Å²) in [6.07, 6.45) is 3.45. The lowest BCUT2D eigenvalue weighted by atomic mass is 10.1. The van der Waals surface area contributed by atoms with Gasteiger partial charge in [0, 0.05) is 37.9 Å². The monoisotopic (exact) mass is 668 g/mol. The van der Waals surface area contributed by atoms with E-state index in [4.69, 9.17) is 4.74 Å². The third kappa shape index (κ3) is 8.07. The largest absolute Gasteiger partial charge is 0.444 e. The number of hydrogen-bond donors (Lipinski definition) is 2. The highest BCUT2D eigenvalue weighted by atomic mass is 32.2. The molecule has 0 aliphatic carbocycles. The molecule has 1 aromatic carbocycles. The van der Waals surface area contributed by atoms with Gasteiger partial charge in [0.25, 0.3) is 0 Å². The first-order valence-electron chi connectivity index (χ1n) is 14.9. The molecule has 0 spiro atoms. The van der Waals surface area contributed by atoms with E-state index in [1.54, 1.807) is 42.4 Å². The Bertz CT molecular complexity index is 1800. The fourth-order valence-corrected chi connectivity index (χ4v) is 6.88.